The third-order valence-corrected chi connectivity index (χ3v) is 9.29. The number of allylic oxidation sites excluding steroid dienone is 2. The molecule has 19 heteroatoms. The molecule has 0 spiro atoms. The van der Waals surface area contributed by atoms with E-state index < -0.39 is 18.0 Å². The van der Waals surface area contributed by atoms with Crippen LogP contribution < -0.4 is 21.3 Å². The van der Waals surface area contributed by atoms with Crippen LogP contribution in [0.15, 0.2) is 33.5 Å². The van der Waals surface area contributed by atoms with Gasteiger partial charge in [-0.2, -0.15) is 0 Å². The maximum atomic E-state index is 10.8. The number of nitrogens with one attached hydrogen (secondary N) is 4. The van der Waals surface area contributed by atoms with E-state index in [0.29, 0.717) is 17.4 Å². The van der Waals surface area contributed by atoms with Crippen LogP contribution in [0.2, 0.25) is 6.82 Å². The number of halogens is 4. The number of esters is 1. The van der Waals surface area contributed by atoms with E-state index in [1.54, 1.807) is 34.9 Å². The van der Waals surface area contributed by atoms with E-state index in [0.717, 1.165) is 12.8 Å². The van der Waals surface area contributed by atoms with Crippen LogP contribution in [-0.2, 0) is 33.2 Å². The average molecular weight is 1320 g/mol. The topological polar surface area (TPSA) is 189 Å². The lowest BCUT2D eigenvalue weighted by molar-refractivity contribution is -0.149. The van der Waals surface area contributed by atoms with Gasteiger partial charge in [0.2, 0.25) is 0 Å². The van der Waals surface area contributed by atoms with Crippen LogP contribution in [-0.4, -0.2) is 140 Å². The predicted octanol–water partition coefficient (Wildman–Crippen LogP) is 13.5. The summed E-state index contributed by atoms with van der Waals surface area (Å²) in [5.74, 6) is 11.9. The number of terminal acetylenes is 2. The Bertz CT molecular complexity index is 1480. The Balaban J connectivity index is -0.0000000409. The van der Waals surface area contributed by atoms with Crippen molar-refractivity contribution in [3.63, 3.8) is 0 Å². The molecule has 0 bridgehead atoms. The molecule has 3 aliphatic heterocycles. The summed E-state index contributed by atoms with van der Waals surface area (Å²) in [5.41, 5.74) is 4.90. The zero-order valence-corrected chi connectivity index (χ0v) is 52.2. The lowest BCUT2D eigenvalue weighted by atomic mass is 9.90. The highest BCUT2D eigenvalue weighted by atomic mass is 79.9. The fourth-order valence-electron chi connectivity index (χ4n) is 3.68. The third-order valence-electron chi connectivity index (χ3n) is 8.50. The fourth-order valence-corrected chi connectivity index (χ4v) is 3.68. The highest BCUT2D eigenvalue weighted by Gasteiger charge is 2.48. The molecule has 0 aromatic rings. The van der Waals surface area contributed by atoms with Gasteiger partial charge in [0.1, 0.15) is 24.5 Å². The summed E-state index contributed by atoms with van der Waals surface area (Å²) in [5, 5.41) is 20.2. The standard InChI is InChI=1S/2C8H14N2.C7H15BO2.C7H13NO3.C4H9NO2.C4H6.C3H5BrO.C3H4.C2H2.3CH3Br.6CH4/c2*1-6-4-8(10-5-6)7(2)9-3;1-6(2)7(3,4)10-8(5)9-6;1-5(9)4-11-7(10)6(2)8-3;1-3(5-2)4(6)7;1-3-4-2;1-3(5)2-4;1-3-2;4*1-2;;;;;;/h2*5,7,9H,4H2,1-3H3;1-5H3;6,8H,4H2,1-3H3;3,5H,1-2H3,(H,6,7);1-2H3;2H2,1H3;1H,2H3;1-2H;3*1H3;6*1H4/t2*7-;;6-;;;;;;;;;;;;;;/m00.0............../s1. The van der Waals surface area contributed by atoms with Gasteiger partial charge < -0.3 is 40.4 Å². The Morgan fingerprint density at radius 3 is 1.08 bits per heavy atom. The van der Waals surface area contributed by atoms with E-state index in [-0.39, 0.29) is 87.1 Å². The van der Waals surface area contributed by atoms with Crippen molar-refractivity contribution >= 4 is 106 Å². The van der Waals surface area contributed by atoms with E-state index in [2.05, 4.69) is 192 Å². The van der Waals surface area contributed by atoms with Gasteiger partial charge in [0, 0.05) is 48.7 Å². The number of alkyl halides is 4. The van der Waals surface area contributed by atoms with Crippen LogP contribution in [0.25, 0.3) is 0 Å². The van der Waals surface area contributed by atoms with Gasteiger partial charge in [-0.15, -0.1) is 37.0 Å². The molecule has 0 amide bonds. The minimum Gasteiger partial charge on any atom is -0.480 e. The molecule has 444 valence electrons. The summed E-state index contributed by atoms with van der Waals surface area (Å²) in [6.45, 7) is 29.9. The highest BCUT2D eigenvalue weighted by molar-refractivity contribution is 9.09. The third kappa shape index (κ3) is 73.8. The van der Waals surface area contributed by atoms with Gasteiger partial charge in [-0.1, -0.05) is 108 Å². The van der Waals surface area contributed by atoms with Crippen LogP contribution in [0.4, 0.5) is 0 Å². The maximum absolute atomic E-state index is 10.8. The van der Waals surface area contributed by atoms with Crippen molar-refractivity contribution in [1.29, 1.82) is 0 Å². The molecule has 3 aliphatic rings. The van der Waals surface area contributed by atoms with Crippen molar-refractivity contribution in [3.05, 3.63) is 23.5 Å². The summed E-state index contributed by atoms with van der Waals surface area (Å²) in [6.07, 6.45) is 18.6. The summed E-state index contributed by atoms with van der Waals surface area (Å²) in [7, 11) is 7.12. The van der Waals surface area contributed by atoms with Gasteiger partial charge in [-0.25, -0.2) is 0 Å². The Hall–Kier alpha value is -2.48. The van der Waals surface area contributed by atoms with E-state index >= 15 is 0 Å². The molecule has 0 radical (unpaired) electrons. The van der Waals surface area contributed by atoms with E-state index in [1.807, 2.05) is 64.7 Å². The summed E-state index contributed by atoms with van der Waals surface area (Å²) in [4.78, 5) is 49.4. The number of ether oxygens (including phenoxy) is 1. The van der Waals surface area contributed by atoms with E-state index in [9.17, 15) is 19.2 Å². The first-order chi connectivity index (χ1) is 31.7. The Morgan fingerprint density at radius 1 is 0.689 bits per heavy atom. The van der Waals surface area contributed by atoms with Crippen molar-refractivity contribution in [2.45, 2.75) is 203 Å². The quantitative estimate of drug-likeness (QED) is 0.0571. The largest absolute Gasteiger partial charge is 0.480 e. The van der Waals surface area contributed by atoms with E-state index in [1.165, 1.54) is 36.4 Å². The minimum absolute atomic E-state index is 0. The second-order valence-electron chi connectivity index (χ2n) is 14.7. The van der Waals surface area contributed by atoms with Gasteiger partial charge in [0.05, 0.1) is 16.5 Å². The smallest absolute Gasteiger partial charge is 0.454 e. The molecule has 0 aliphatic carbocycles. The summed E-state index contributed by atoms with van der Waals surface area (Å²) < 4.78 is 15.7. The second kappa shape index (κ2) is 77.0. The van der Waals surface area contributed by atoms with Gasteiger partial charge >= 0.3 is 19.1 Å². The molecule has 14 nitrogen and oxygen atoms in total. The Morgan fingerprint density at radius 2 is 0.959 bits per heavy atom. The molecule has 4 atom stereocenters. The van der Waals surface area contributed by atoms with Gasteiger partial charge in [-0.05, 0) is 168 Å². The molecule has 1 saturated heterocycles. The van der Waals surface area contributed by atoms with Crippen molar-refractivity contribution in [2.24, 2.45) is 9.98 Å². The number of ketones is 2. The van der Waals surface area contributed by atoms with Crippen LogP contribution in [0.5, 0.6) is 0 Å². The second-order valence-corrected chi connectivity index (χ2v) is 15.2. The summed E-state index contributed by atoms with van der Waals surface area (Å²) >= 11 is 11.8. The molecule has 5 N–H and O–H groups in total. The molecule has 1 fully saturated rings. The van der Waals surface area contributed by atoms with Crippen LogP contribution in [0.1, 0.15) is 161 Å². The molecular formula is C55H115BBr4N6O8. The first kappa shape index (κ1) is 111. The first-order valence-corrected chi connectivity index (χ1v) is 27.2. The fraction of sp³-hybridized carbons (Fsp3) is 0.709. The van der Waals surface area contributed by atoms with Gasteiger partial charge in [0.25, 0.3) is 0 Å². The molecule has 0 saturated carbocycles. The highest BCUT2D eigenvalue weighted by Crippen LogP contribution is 2.36. The molecule has 3 rings (SSSR count). The maximum Gasteiger partial charge on any atom is 0.454 e. The zero-order chi connectivity index (χ0) is 56.2. The van der Waals surface area contributed by atoms with Crippen molar-refractivity contribution in [2.75, 3.05) is 57.6 Å². The van der Waals surface area contributed by atoms with Gasteiger partial charge in [-0.3, -0.25) is 29.2 Å². The monoisotopic (exact) mass is 1310 g/mol. The van der Waals surface area contributed by atoms with Gasteiger partial charge in [0.15, 0.2) is 5.78 Å². The first-order valence-electron chi connectivity index (χ1n) is 21.3. The number of carboxylic acid groups (broad SMARTS) is 1. The number of aliphatic imine (C=N–C) groups is 2. The normalized spacial score (nSPS) is 13.6. The van der Waals surface area contributed by atoms with E-state index in [4.69, 9.17) is 14.4 Å². The zero-order valence-electron chi connectivity index (χ0n) is 45.8. The Kier molecular flexibility index (Phi) is 116. The van der Waals surface area contributed by atoms with Crippen molar-refractivity contribution in [1.82, 2.24) is 21.3 Å². The molecule has 0 aromatic heterocycles. The SMILES string of the molecule is C.C.C.C.C.C.C#C.C#CC.CB1OC(C)(C)C(C)(C)O1.CBr.CBr.CBr.CC#CC.CC(=O)CBr.CNC(C)C(=O)O.CN[C@@H](C)C(=O)OCC(C)=O.CN[C@@H](C)C1=NC=C(C)C1.CN[C@@H](C)C1=NC=C(C)C1. The summed E-state index contributed by atoms with van der Waals surface area (Å²) in [6, 6.07) is 0.0664. The molecule has 1 unspecified atom stereocenters. The molecule has 0 aromatic carbocycles. The lowest BCUT2D eigenvalue weighted by Gasteiger charge is -2.32. The number of hydrogen-bond acceptors (Lipinski definition) is 13. The van der Waals surface area contributed by atoms with Crippen LogP contribution >= 0.6 is 63.7 Å². The molecular weight excluding hydrogens is 1200 g/mol. The molecule has 3 heterocycles. The number of nitrogens with zero attached hydrogens (tertiary/aromatic N) is 2. The number of hydrogen-bond donors (Lipinski definition) is 5. The number of rotatable bonds is 11. The van der Waals surface area contributed by atoms with Crippen LogP contribution in [0, 0.1) is 37.0 Å². The minimum atomic E-state index is -0.817. The van der Waals surface area contributed by atoms with Crippen LogP contribution in [0.3, 0.4) is 0 Å². The number of carboxylic acids is 1. The average Bonchev–Trinajstić information content (AvgIpc) is 4.02. The van der Waals surface area contributed by atoms with Crippen molar-refractivity contribution in [3.8, 4) is 37.0 Å². The number of carbonyl (C=O) groups excluding carboxylic acids is 3. The number of aliphatic carboxylic acids is 1. The van der Waals surface area contributed by atoms with Crippen molar-refractivity contribution < 1.29 is 38.3 Å². The lowest BCUT2D eigenvalue weighted by Crippen LogP contribution is -2.41. The predicted molar refractivity (Wildman–Crippen MR) is 350 cm³/mol. The molecule has 74 heavy (non-hydrogen) atoms. The number of Topliss-reactive ketones (excluding diaryl/α,β-unsaturated/α-hetero) is 2. The number of carbonyl (C=O) groups is 4. The Labute approximate surface area is 493 Å². The number of likely N-dealkylation sites (N-methyl/N-ethyl adjacent to an activating group) is 2.